The van der Waals surface area contributed by atoms with Gasteiger partial charge in [0.05, 0.1) is 6.34 Å². The van der Waals surface area contributed by atoms with Crippen LogP contribution in [0.2, 0.25) is 0 Å². The molecule has 1 saturated heterocycles. The number of hydrogen-bond donors (Lipinski definition) is 0. The average molecular weight is 405 g/mol. The number of piperidine rings is 1. The predicted molar refractivity (Wildman–Crippen MR) is 126 cm³/mol. The van der Waals surface area contributed by atoms with Gasteiger partial charge in [-0.05, 0) is 49.7 Å². The minimum Gasteiger partial charge on any atom is -0.363 e. The van der Waals surface area contributed by atoms with Gasteiger partial charge in [-0.1, -0.05) is 73.5 Å². The van der Waals surface area contributed by atoms with Crippen LogP contribution in [-0.4, -0.2) is 36.7 Å². The lowest BCUT2D eigenvalue weighted by Gasteiger charge is -2.36. The molecule has 0 bridgehead atoms. The van der Waals surface area contributed by atoms with Crippen molar-refractivity contribution in [2.75, 3.05) is 19.6 Å². The Kier molecular flexibility index (Phi) is 9.14. The number of aliphatic imine (C=N–C) groups is 1. The second-order valence-electron chi connectivity index (χ2n) is 8.56. The van der Waals surface area contributed by atoms with E-state index in [1.54, 1.807) is 6.92 Å². The molecule has 1 aliphatic rings. The van der Waals surface area contributed by atoms with Gasteiger partial charge in [0.1, 0.15) is 5.78 Å². The fourth-order valence-corrected chi connectivity index (χ4v) is 4.53. The first-order valence-corrected chi connectivity index (χ1v) is 11.6. The molecule has 3 rings (SSSR count). The van der Waals surface area contributed by atoms with Crippen molar-refractivity contribution in [2.24, 2.45) is 10.9 Å². The number of Topliss-reactive ketones (excluding diaryl/α,β-unsaturated/α-hetero) is 1. The van der Waals surface area contributed by atoms with Gasteiger partial charge < -0.3 is 9.69 Å². The molecule has 30 heavy (non-hydrogen) atoms. The fourth-order valence-electron chi connectivity index (χ4n) is 4.53. The van der Waals surface area contributed by atoms with E-state index >= 15 is 0 Å². The number of carbonyl (C=O) groups excluding carboxylic acids is 1. The molecule has 2 aromatic carbocycles. The van der Waals surface area contributed by atoms with E-state index in [-0.39, 0.29) is 0 Å². The fraction of sp³-hybridized carbons (Fsp3) is 0.481. The van der Waals surface area contributed by atoms with Crippen molar-refractivity contribution in [1.29, 1.82) is 0 Å². The summed E-state index contributed by atoms with van der Waals surface area (Å²) in [6.07, 6.45) is 9.66. The monoisotopic (exact) mass is 404 g/mol. The first-order valence-electron chi connectivity index (χ1n) is 11.6. The Hall–Kier alpha value is -2.42. The van der Waals surface area contributed by atoms with Crippen LogP contribution in [0, 0.1) is 5.92 Å². The van der Waals surface area contributed by atoms with Gasteiger partial charge >= 0.3 is 0 Å². The number of likely N-dealkylation sites (tertiary alicyclic amines) is 1. The topological polar surface area (TPSA) is 32.7 Å². The number of hydrogen-bond acceptors (Lipinski definition) is 2. The van der Waals surface area contributed by atoms with Crippen molar-refractivity contribution in [3.63, 3.8) is 0 Å². The van der Waals surface area contributed by atoms with E-state index in [9.17, 15) is 4.79 Å². The molecule has 0 amide bonds. The van der Waals surface area contributed by atoms with Crippen LogP contribution in [0.3, 0.4) is 0 Å². The third-order valence-corrected chi connectivity index (χ3v) is 6.17. The van der Waals surface area contributed by atoms with Crippen molar-refractivity contribution in [2.45, 2.75) is 57.8 Å². The largest absolute Gasteiger partial charge is 0.363 e. The number of rotatable bonds is 11. The van der Waals surface area contributed by atoms with Gasteiger partial charge in [0.25, 0.3) is 0 Å². The molecule has 160 valence electrons. The van der Waals surface area contributed by atoms with Crippen LogP contribution in [0.1, 0.15) is 68.9 Å². The zero-order valence-corrected chi connectivity index (χ0v) is 18.4. The minimum absolute atomic E-state index is 0.304. The maximum atomic E-state index is 11.0. The van der Waals surface area contributed by atoms with Crippen molar-refractivity contribution >= 4 is 12.1 Å². The Morgan fingerprint density at radius 1 is 0.933 bits per heavy atom. The van der Waals surface area contributed by atoms with E-state index in [0.29, 0.717) is 17.6 Å². The normalized spacial score (nSPS) is 15.2. The highest BCUT2D eigenvalue weighted by molar-refractivity contribution is 5.75. The smallest absolute Gasteiger partial charge is 0.129 e. The van der Waals surface area contributed by atoms with Gasteiger partial charge in [-0.2, -0.15) is 0 Å². The van der Waals surface area contributed by atoms with Gasteiger partial charge in [-0.3, -0.25) is 4.99 Å². The number of nitrogens with zero attached hydrogens (tertiary/aromatic N) is 2. The number of carbonyl (C=O) groups is 1. The van der Waals surface area contributed by atoms with Crippen LogP contribution >= 0.6 is 0 Å². The molecule has 3 heteroatoms. The van der Waals surface area contributed by atoms with E-state index in [2.05, 4.69) is 76.9 Å². The van der Waals surface area contributed by atoms with Crippen LogP contribution in [0.5, 0.6) is 0 Å². The lowest BCUT2D eigenvalue weighted by atomic mass is 9.76. The van der Waals surface area contributed by atoms with E-state index in [1.807, 2.05) is 0 Å². The van der Waals surface area contributed by atoms with Crippen LogP contribution in [-0.2, 0) is 4.79 Å². The van der Waals surface area contributed by atoms with Gasteiger partial charge in [-0.25, -0.2) is 0 Å². The second kappa shape index (κ2) is 12.3. The molecule has 0 aliphatic carbocycles. The Morgan fingerprint density at radius 3 is 2.07 bits per heavy atom. The highest BCUT2D eigenvalue weighted by Gasteiger charge is 2.28. The molecular formula is C27H36N2O. The van der Waals surface area contributed by atoms with Crippen molar-refractivity contribution < 1.29 is 4.79 Å². The zero-order chi connectivity index (χ0) is 21.0. The summed E-state index contributed by atoms with van der Waals surface area (Å²) in [5, 5.41) is 0. The summed E-state index contributed by atoms with van der Waals surface area (Å²) in [7, 11) is 0. The Balaban J connectivity index is 1.46. The van der Waals surface area contributed by atoms with E-state index in [1.165, 1.54) is 30.4 Å². The first-order chi connectivity index (χ1) is 14.7. The zero-order valence-electron chi connectivity index (χ0n) is 18.4. The molecule has 1 fully saturated rings. The maximum absolute atomic E-state index is 11.0. The SMILES string of the molecule is CC(=O)CCCCCC/N=C/N1CCC(C(c2ccccc2)c2ccccc2)CC1. The molecule has 0 atom stereocenters. The maximum Gasteiger partial charge on any atom is 0.129 e. The van der Waals surface area contributed by atoms with Crippen LogP contribution < -0.4 is 0 Å². The predicted octanol–water partition coefficient (Wildman–Crippen LogP) is 6.10. The number of unbranched alkanes of at least 4 members (excludes halogenated alkanes) is 3. The summed E-state index contributed by atoms with van der Waals surface area (Å²) in [4.78, 5) is 18.0. The standard InChI is InChI=1S/C27H36N2O/c1-23(30)12-6-2-3-11-19-28-22-29-20-17-26(18-21-29)27(24-13-7-4-8-14-24)25-15-9-5-10-16-25/h4-5,7-10,13-16,22,26-27H,2-3,6,11-12,17-21H2,1H3/b28-22+. The van der Waals surface area contributed by atoms with Crippen molar-refractivity contribution in [3.8, 4) is 0 Å². The van der Waals surface area contributed by atoms with Gasteiger partial charge in [0, 0.05) is 32.0 Å². The lowest BCUT2D eigenvalue weighted by molar-refractivity contribution is -0.117. The minimum atomic E-state index is 0.304. The third kappa shape index (κ3) is 7.12. The highest BCUT2D eigenvalue weighted by atomic mass is 16.1. The van der Waals surface area contributed by atoms with Gasteiger partial charge in [0.2, 0.25) is 0 Å². The summed E-state index contributed by atoms with van der Waals surface area (Å²) in [5.74, 6) is 1.44. The second-order valence-corrected chi connectivity index (χ2v) is 8.56. The quantitative estimate of drug-likeness (QED) is 0.258. The molecule has 0 spiro atoms. The molecule has 0 saturated carbocycles. The van der Waals surface area contributed by atoms with E-state index in [4.69, 9.17) is 0 Å². The molecule has 1 aliphatic heterocycles. The average Bonchev–Trinajstić information content (AvgIpc) is 2.78. The molecule has 0 radical (unpaired) electrons. The Morgan fingerprint density at radius 2 is 1.50 bits per heavy atom. The third-order valence-electron chi connectivity index (χ3n) is 6.17. The lowest BCUT2D eigenvalue weighted by Crippen LogP contribution is -2.35. The summed E-state index contributed by atoms with van der Waals surface area (Å²) >= 11 is 0. The molecule has 1 heterocycles. The van der Waals surface area contributed by atoms with Crippen LogP contribution in [0.4, 0.5) is 0 Å². The summed E-state index contributed by atoms with van der Waals surface area (Å²) < 4.78 is 0. The Labute approximate surface area is 182 Å². The van der Waals surface area contributed by atoms with Crippen LogP contribution in [0.15, 0.2) is 65.7 Å². The molecule has 2 aromatic rings. The van der Waals surface area contributed by atoms with Crippen LogP contribution in [0.25, 0.3) is 0 Å². The summed E-state index contributed by atoms with van der Waals surface area (Å²) in [6.45, 7) is 4.75. The molecule has 0 N–H and O–H groups in total. The van der Waals surface area contributed by atoms with E-state index < -0.39 is 0 Å². The number of ketones is 1. The van der Waals surface area contributed by atoms with E-state index in [0.717, 1.165) is 45.3 Å². The molecule has 0 unspecified atom stereocenters. The Bertz CT molecular complexity index is 724. The summed E-state index contributed by atoms with van der Waals surface area (Å²) in [5.41, 5.74) is 2.86. The van der Waals surface area contributed by atoms with Gasteiger partial charge in [0.15, 0.2) is 0 Å². The first kappa shape index (κ1) is 22.3. The summed E-state index contributed by atoms with van der Waals surface area (Å²) in [6, 6.07) is 22.0. The molecular weight excluding hydrogens is 368 g/mol. The molecule has 3 nitrogen and oxygen atoms in total. The number of benzene rings is 2. The molecule has 0 aromatic heterocycles. The van der Waals surface area contributed by atoms with Crippen molar-refractivity contribution in [3.05, 3.63) is 71.8 Å². The van der Waals surface area contributed by atoms with Gasteiger partial charge in [-0.15, -0.1) is 0 Å². The highest BCUT2D eigenvalue weighted by Crippen LogP contribution is 2.37. The van der Waals surface area contributed by atoms with Crippen molar-refractivity contribution in [1.82, 2.24) is 4.90 Å².